The molecule has 1 aliphatic rings. The van der Waals surface area contributed by atoms with Crippen molar-refractivity contribution in [1.29, 1.82) is 0 Å². The molecule has 1 aliphatic heterocycles. The lowest BCUT2D eigenvalue weighted by atomic mass is 9.98. The van der Waals surface area contributed by atoms with Crippen molar-refractivity contribution in [1.82, 2.24) is 4.90 Å². The summed E-state index contributed by atoms with van der Waals surface area (Å²) in [5.74, 6) is -0.471. The van der Waals surface area contributed by atoms with Crippen LogP contribution in [0.1, 0.15) is 17.5 Å². The van der Waals surface area contributed by atoms with E-state index in [1.54, 1.807) is 19.1 Å². The number of fused-ring (bicyclic) bond motifs is 1. The molecule has 2 aromatic rings. The summed E-state index contributed by atoms with van der Waals surface area (Å²) >= 11 is 0. The largest absolute Gasteiger partial charge is 0.493 e. The number of nitrogens with zero attached hydrogens (tertiary/aromatic N) is 1. The quantitative estimate of drug-likeness (QED) is 0.840. The number of hydrogen-bond donors (Lipinski definition) is 1. The van der Waals surface area contributed by atoms with Gasteiger partial charge in [-0.05, 0) is 47.9 Å². The first-order valence-corrected chi connectivity index (χ1v) is 8.72. The molecule has 0 radical (unpaired) electrons. The lowest BCUT2D eigenvalue weighted by Crippen LogP contribution is -2.36. The minimum atomic E-state index is -0.914. The van der Waals surface area contributed by atoms with E-state index in [0.717, 1.165) is 29.7 Å². The zero-order chi connectivity index (χ0) is 19.4. The fraction of sp³-hybridized carbons (Fsp3) is 0.350. The Labute approximate surface area is 156 Å². The number of amides is 1. The molecule has 3 rings (SSSR count). The maximum absolute atomic E-state index is 13.2. The lowest BCUT2D eigenvalue weighted by molar-refractivity contribution is -0.131. The summed E-state index contributed by atoms with van der Waals surface area (Å²) in [5, 5.41) is 2.94. The van der Waals surface area contributed by atoms with Crippen molar-refractivity contribution in [3.63, 3.8) is 0 Å². The zero-order valence-electron chi connectivity index (χ0n) is 15.4. The summed E-state index contributed by atoms with van der Waals surface area (Å²) in [7, 11) is 3.18. The molecule has 0 aromatic heterocycles. The zero-order valence-corrected chi connectivity index (χ0v) is 15.4. The maximum atomic E-state index is 13.2. The molecular formula is C20H22F2N2O3. The summed E-state index contributed by atoms with van der Waals surface area (Å²) in [6.07, 6.45) is 1.01. The van der Waals surface area contributed by atoms with Gasteiger partial charge in [0.15, 0.2) is 23.1 Å². The molecule has 0 saturated heterocycles. The normalized spacial score (nSPS) is 13.1. The molecule has 0 aliphatic carbocycles. The second-order valence-corrected chi connectivity index (χ2v) is 6.35. The van der Waals surface area contributed by atoms with E-state index in [4.69, 9.17) is 9.47 Å². The number of ether oxygens (including phenoxy) is 2. The van der Waals surface area contributed by atoms with Gasteiger partial charge in [-0.3, -0.25) is 4.79 Å². The van der Waals surface area contributed by atoms with Crippen LogP contribution in [0.25, 0.3) is 0 Å². The van der Waals surface area contributed by atoms with E-state index >= 15 is 0 Å². The highest BCUT2D eigenvalue weighted by molar-refractivity contribution is 5.77. The van der Waals surface area contributed by atoms with E-state index in [1.807, 2.05) is 12.1 Å². The molecule has 5 nitrogen and oxygen atoms in total. The van der Waals surface area contributed by atoms with Crippen molar-refractivity contribution in [2.75, 3.05) is 32.6 Å². The first-order valence-electron chi connectivity index (χ1n) is 8.72. The van der Waals surface area contributed by atoms with Gasteiger partial charge in [0.05, 0.1) is 14.2 Å². The Morgan fingerprint density at radius 3 is 2.44 bits per heavy atom. The number of benzene rings is 2. The predicted octanol–water partition coefficient (Wildman–Crippen LogP) is 3.37. The van der Waals surface area contributed by atoms with Gasteiger partial charge in [0.1, 0.15) is 0 Å². The second-order valence-electron chi connectivity index (χ2n) is 6.35. The monoisotopic (exact) mass is 376 g/mol. The molecule has 144 valence electrons. The molecule has 0 bridgehead atoms. The molecule has 0 unspecified atom stereocenters. The van der Waals surface area contributed by atoms with Crippen LogP contribution in [0.2, 0.25) is 0 Å². The van der Waals surface area contributed by atoms with Crippen molar-refractivity contribution < 1.29 is 23.0 Å². The van der Waals surface area contributed by atoms with Gasteiger partial charge in [-0.2, -0.15) is 0 Å². The van der Waals surface area contributed by atoms with Crippen LogP contribution in [0.3, 0.4) is 0 Å². The van der Waals surface area contributed by atoms with Crippen LogP contribution in [-0.2, 0) is 17.8 Å². The van der Waals surface area contributed by atoms with Gasteiger partial charge < -0.3 is 19.7 Å². The molecule has 27 heavy (non-hydrogen) atoms. The van der Waals surface area contributed by atoms with Gasteiger partial charge in [-0.1, -0.05) is 0 Å². The smallest absolute Gasteiger partial charge is 0.224 e. The first kappa shape index (κ1) is 18.9. The van der Waals surface area contributed by atoms with Crippen LogP contribution in [0.5, 0.6) is 11.5 Å². The van der Waals surface area contributed by atoms with E-state index in [9.17, 15) is 13.6 Å². The van der Waals surface area contributed by atoms with Crippen LogP contribution < -0.4 is 14.8 Å². The maximum Gasteiger partial charge on any atom is 0.224 e. The number of nitrogens with one attached hydrogen (secondary N) is 1. The van der Waals surface area contributed by atoms with Gasteiger partial charge >= 0.3 is 0 Å². The summed E-state index contributed by atoms with van der Waals surface area (Å²) in [4.78, 5) is 14.3. The fourth-order valence-electron chi connectivity index (χ4n) is 3.17. The predicted molar refractivity (Wildman–Crippen MR) is 98.1 cm³/mol. The Bertz CT molecular complexity index is 842. The summed E-state index contributed by atoms with van der Waals surface area (Å²) in [5.41, 5.74) is 2.64. The van der Waals surface area contributed by atoms with Gasteiger partial charge in [-0.15, -0.1) is 0 Å². The van der Waals surface area contributed by atoms with Crippen molar-refractivity contribution in [2.45, 2.75) is 19.4 Å². The van der Waals surface area contributed by atoms with E-state index < -0.39 is 11.6 Å². The topological polar surface area (TPSA) is 50.8 Å². The summed E-state index contributed by atoms with van der Waals surface area (Å²) in [6, 6.07) is 7.45. The standard InChI is InChI=1S/C20H22F2N2O3/c1-26-18-9-13-6-8-24(12-14(13)10-19(18)27-2)20(25)5-7-23-15-3-4-16(21)17(22)11-15/h3-4,9-11,23H,5-8,12H2,1-2H3. The number of anilines is 1. The first-order chi connectivity index (χ1) is 13.0. The highest BCUT2D eigenvalue weighted by Gasteiger charge is 2.22. The number of halogens is 2. The van der Waals surface area contributed by atoms with Crippen LogP contribution in [0, 0.1) is 11.6 Å². The third-order valence-electron chi connectivity index (χ3n) is 4.66. The van der Waals surface area contributed by atoms with Crippen molar-refractivity contribution >= 4 is 11.6 Å². The minimum Gasteiger partial charge on any atom is -0.493 e. The Hall–Kier alpha value is -2.83. The molecule has 2 aromatic carbocycles. The molecule has 0 spiro atoms. The van der Waals surface area contributed by atoms with E-state index in [-0.39, 0.29) is 12.3 Å². The fourth-order valence-corrected chi connectivity index (χ4v) is 3.17. The SMILES string of the molecule is COc1cc2c(cc1OC)CN(C(=O)CCNc1ccc(F)c(F)c1)CC2. The van der Waals surface area contributed by atoms with Gasteiger partial charge in [0, 0.05) is 31.7 Å². The Balaban J connectivity index is 1.58. The number of carbonyl (C=O) groups excluding carboxylic acids is 1. The third kappa shape index (κ3) is 4.30. The van der Waals surface area contributed by atoms with Crippen molar-refractivity contribution in [2.24, 2.45) is 0 Å². The summed E-state index contributed by atoms with van der Waals surface area (Å²) in [6.45, 7) is 1.49. The molecule has 0 fully saturated rings. The average Bonchev–Trinajstić information content (AvgIpc) is 2.68. The lowest BCUT2D eigenvalue weighted by Gasteiger charge is -2.29. The molecule has 1 heterocycles. The van der Waals surface area contributed by atoms with E-state index in [1.165, 1.54) is 6.07 Å². The Kier molecular flexibility index (Phi) is 5.78. The van der Waals surface area contributed by atoms with Gasteiger partial charge in [0.25, 0.3) is 0 Å². The number of rotatable bonds is 6. The van der Waals surface area contributed by atoms with Crippen LogP contribution >= 0.6 is 0 Å². The molecule has 1 N–H and O–H groups in total. The molecule has 0 saturated carbocycles. The van der Waals surface area contributed by atoms with Crippen LogP contribution in [0.15, 0.2) is 30.3 Å². The van der Waals surface area contributed by atoms with Crippen molar-refractivity contribution in [3.8, 4) is 11.5 Å². The van der Waals surface area contributed by atoms with Crippen LogP contribution in [-0.4, -0.2) is 38.1 Å². The second kappa shape index (κ2) is 8.24. The Morgan fingerprint density at radius 1 is 1.07 bits per heavy atom. The van der Waals surface area contributed by atoms with Gasteiger partial charge in [-0.25, -0.2) is 8.78 Å². The highest BCUT2D eigenvalue weighted by atomic mass is 19.2. The summed E-state index contributed by atoms with van der Waals surface area (Å²) < 4.78 is 36.8. The highest BCUT2D eigenvalue weighted by Crippen LogP contribution is 2.33. The number of carbonyl (C=O) groups is 1. The average molecular weight is 376 g/mol. The van der Waals surface area contributed by atoms with Gasteiger partial charge in [0.2, 0.25) is 5.91 Å². The molecule has 7 heteroatoms. The van der Waals surface area contributed by atoms with Crippen molar-refractivity contribution in [3.05, 3.63) is 53.1 Å². The van der Waals surface area contributed by atoms with E-state index in [2.05, 4.69) is 5.32 Å². The minimum absolute atomic E-state index is 0.00511. The van der Waals surface area contributed by atoms with Crippen LogP contribution in [0.4, 0.5) is 14.5 Å². The molecule has 0 atom stereocenters. The van der Waals surface area contributed by atoms with E-state index in [0.29, 0.717) is 36.8 Å². The Morgan fingerprint density at radius 2 is 1.78 bits per heavy atom. The third-order valence-corrected chi connectivity index (χ3v) is 4.66. The molecule has 1 amide bonds. The number of methoxy groups -OCH3 is 2. The molecular weight excluding hydrogens is 354 g/mol. The number of hydrogen-bond acceptors (Lipinski definition) is 4.